The standard InChI is InChI=1S/C23H32FNO3/c1-5-19-17-20(25(3)4)6-8-23(19)22-9-7-21(16-18(22)2)28-15-14-27-13-12-26-11-10-24/h6-9,16-17H,5,10-15H2,1-4H3. The predicted octanol–water partition coefficient (Wildman–Crippen LogP) is 4.67. The number of benzene rings is 2. The highest BCUT2D eigenvalue weighted by Gasteiger charge is 2.09. The maximum absolute atomic E-state index is 11.9. The van der Waals surface area contributed by atoms with Crippen LogP contribution in [0, 0.1) is 6.92 Å². The minimum absolute atomic E-state index is 0.128. The molecule has 154 valence electrons. The summed E-state index contributed by atoms with van der Waals surface area (Å²) in [5.74, 6) is 0.835. The summed E-state index contributed by atoms with van der Waals surface area (Å²) in [6.07, 6.45) is 0.987. The molecule has 0 aromatic heterocycles. The molecular weight excluding hydrogens is 357 g/mol. The van der Waals surface area contributed by atoms with Gasteiger partial charge in [0.2, 0.25) is 0 Å². The minimum atomic E-state index is -0.460. The van der Waals surface area contributed by atoms with Crippen molar-refractivity contribution in [2.24, 2.45) is 0 Å². The molecule has 28 heavy (non-hydrogen) atoms. The van der Waals surface area contributed by atoms with Crippen LogP contribution in [0.3, 0.4) is 0 Å². The van der Waals surface area contributed by atoms with Crippen molar-refractivity contribution in [2.45, 2.75) is 20.3 Å². The molecule has 2 rings (SSSR count). The van der Waals surface area contributed by atoms with E-state index in [-0.39, 0.29) is 6.61 Å². The third-order valence-corrected chi connectivity index (χ3v) is 4.56. The van der Waals surface area contributed by atoms with Crippen molar-refractivity contribution in [3.63, 3.8) is 0 Å². The second kappa shape index (κ2) is 11.7. The number of hydrogen-bond donors (Lipinski definition) is 0. The van der Waals surface area contributed by atoms with Gasteiger partial charge in [-0.1, -0.05) is 19.1 Å². The van der Waals surface area contributed by atoms with Crippen LogP contribution in [-0.4, -0.2) is 53.8 Å². The quantitative estimate of drug-likeness (QED) is 0.494. The van der Waals surface area contributed by atoms with Crippen molar-refractivity contribution in [1.82, 2.24) is 0 Å². The Balaban J connectivity index is 1.93. The third kappa shape index (κ3) is 6.50. The summed E-state index contributed by atoms with van der Waals surface area (Å²) in [5, 5.41) is 0. The van der Waals surface area contributed by atoms with Crippen LogP contribution in [-0.2, 0) is 15.9 Å². The van der Waals surface area contributed by atoms with E-state index in [0.29, 0.717) is 26.4 Å². The second-order valence-electron chi connectivity index (χ2n) is 6.83. The Hall–Kier alpha value is -2.11. The summed E-state index contributed by atoms with van der Waals surface area (Å²) in [7, 11) is 4.12. The van der Waals surface area contributed by atoms with Crippen molar-refractivity contribution in [3.8, 4) is 16.9 Å². The summed E-state index contributed by atoms with van der Waals surface area (Å²) in [6.45, 7) is 5.77. The number of alkyl halides is 1. The lowest BCUT2D eigenvalue weighted by molar-refractivity contribution is 0.0325. The van der Waals surface area contributed by atoms with Gasteiger partial charge >= 0.3 is 0 Å². The fraction of sp³-hybridized carbons (Fsp3) is 0.478. The molecule has 5 heteroatoms. The number of rotatable bonds is 12. The SMILES string of the molecule is CCc1cc(N(C)C)ccc1-c1ccc(OCCOCCOCCF)cc1C. The summed E-state index contributed by atoms with van der Waals surface area (Å²) < 4.78 is 28.1. The van der Waals surface area contributed by atoms with Gasteiger partial charge in [-0.2, -0.15) is 0 Å². The van der Waals surface area contributed by atoms with Crippen molar-refractivity contribution in [3.05, 3.63) is 47.5 Å². The van der Waals surface area contributed by atoms with Crippen molar-refractivity contribution in [1.29, 1.82) is 0 Å². The molecule has 0 aliphatic carbocycles. The van der Waals surface area contributed by atoms with Gasteiger partial charge in [-0.05, 0) is 59.9 Å². The van der Waals surface area contributed by atoms with Gasteiger partial charge in [0.05, 0.1) is 26.4 Å². The molecule has 2 aromatic carbocycles. The number of ether oxygens (including phenoxy) is 3. The molecule has 0 aliphatic rings. The van der Waals surface area contributed by atoms with Crippen LogP contribution in [0.15, 0.2) is 36.4 Å². The zero-order valence-electron chi connectivity index (χ0n) is 17.5. The molecule has 2 aromatic rings. The smallest absolute Gasteiger partial charge is 0.119 e. The average Bonchev–Trinajstić information content (AvgIpc) is 2.69. The molecule has 0 spiro atoms. The summed E-state index contributed by atoms with van der Waals surface area (Å²) in [6, 6.07) is 12.8. The first-order chi connectivity index (χ1) is 13.6. The molecule has 0 bridgehead atoms. The molecular formula is C23H32FNO3. The van der Waals surface area contributed by atoms with E-state index in [9.17, 15) is 4.39 Å². The highest BCUT2D eigenvalue weighted by atomic mass is 19.1. The second-order valence-corrected chi connectivity index (χ2v) is 6.83. The predicted molar refractivity (Wildman–Crippen MR) is 113 cm³/mol. The van der Waals surface area contributed by atoms with Gasteiger partial charge in [0, 0.05) is 19.8 Å². The zero-order chi connectivity index (χ0) is 20.4. The number of hydrogen-bond acceptors (Lipinski definition) is 4. The van der Waals surface area contributed by atoms with Crippen LogP contribution >= 0.6 is 0 Å². The molecule has 0 radical (unpaired) electrons. The molecule has 0 atom stereocenters. The van der Waals surface area contributed by atoms with Gasteiger partial charge in [0.1, 0.15) is 19.0 Å². The molecule has 0 saturated heterocycles. The van der Waals surface area contributed by atoms with E-state index in [1.54, 1.807) is 0 Å². The van der Waals surface area contributed by atoms with E-state index in [2.05, 4.69) is 63.2 Å². The first kappa shape index (κ1) is 22.2. The Morgan fingerprint density at radius 1 is 0.857 bits per heavy atom. The molecule has 0 heterocycles. The Morgan fingerprint density at radius 3 is 2.18 bits per heavy atom. The topological polar surface area (TPSA) is 30.9 Å². The molecule has 0 unspecified atom stereocenters. The van der Waals surface area contributed by atoms with Gasteiger partial charge in [0.15, 0.2) is 0 Å². The average molecular weight is 390 g/mol. The Bertz CT molecular complexity index is 734. The van der Waals surface area contributed by atoms with Gasteiger partial charge < -0.3 is 19.1 Å². The zero-order valence-corrected chi connectivity index (χ0v) is 17.5. The highest BCUT2D eigenvalue weighted by molar-refractivity contribution is 5.73. The van der Waals surface area contributed by atoms with Crippen LogP contribution in [0.4, 0.5) is 10.1 Å². The fourth-order valence-corrected chi connectivity index (χ4v) is 3.04. The molecule has 0 N–H and O–H groups in total. The first-order valence-electron chi connectivity index (χ1n) is 9.82. The monoisotopic (exact) mass is 389 g/mol. The highest BCUT2D eigenvalue weighted by Crippen LogP contribution is 2.32. The largest absolute Gasteiger partial charge is 0.491 e. The summed E-state index contributed by atoms with van der Waals surface area (Å²) in [4.78, 5) is 2.13. The van der Waals surface area contributed by atoms with E-state index < -0.39 is 6.67 Å². The van der Waals surface area contributed by atoms with Gasteiger partial charge in [0.25, 0.3) is 0 Å². The maximum atomic E-state index is 11.9. The van der Waals surface area contributed by atoms with Gasteiger partial charge in [-0.15, -0.1) is 0 Å². The lowest BCUT2D eigenvalue weighted by Gasteiger charge is -2.18. The lowest BCUT2D eigenvalue weighted by atomic mass is 9.94. The number of nitrogens with zero attached hydrogens (tertiary/aromatic N) is 1. The lowest BCUT2D eigenvalue weighted by Crippen LogP contribution is -2.11. The molecule has 0 fully saturated rings. The van der Waals surface area contributed by atoms with Crippen LogP contribution in [0.1, 0.15) is 18.1 Å². The summed E-state index contributed by atoms with van der Waals surface area (Å²) in [5.41, 5.74) is 6.24. The maximum Gasteiger partial charge on any atom is 0.119 e. The molecule has 0 saturated carbocycles. The van der Waals surface area contributed by atoms with Crippen LogP contribution < -0.4 is 9.64 Å². The van der Waals surface area contributed by atoms with E-state index in [0.717, 1.165) is 12.2 Å². The van der Waals surface area contributed by atoms with Crippen molar-refractivity contribution >= 4 is 5.69 Å². The van der Waals surface area contributed by atoms with Crippen LogP contribution in [0.25, 0.3) is 11.1 Å². The molecule has 0 aliphatic heterocycles. The van der Waals surface area contributed by atoms with E-state index in [1.807, 2.05) is 6.07 Å². The third-order valence-electron chi connectivity index (χ3n) is 4.56. The van der Waals surface area contributed by atoms with Crippen molar-refractivity contribution < 1.29 is 18.6 Å². The van der Waals surface area contributed by atoms with Gasteiger partial charge in [-0.25, -0.2) is 4.39 Å². The Morgan fingerprint density at radius 2 is 1.54 bits per heavy atom. The number of halogens is 1. The fourth-order valence-electron chi connectivity index (χ4n) is 3.04. The number of aryl methyl sites for hydroxylation is 2. The normalized spacial score (nSPS) is 10.9. The van der Waals surface area contributed by atoms with E-state index in [4.69, 9.17) is 14.2 Å². The molecule has 0 amide bonds. The minimum Gasteiger partial charge on any atom is -0.491 e. The Labute approximate surface area is 168 Å². The Kier molecular flexibility index (Phi) is 9.24. The van der Waals surface area contributed by atoms with Crippen LogP contribution in [0.5, 0.6) is 5.75 Å². The number of anilines is 1. The first-order valence-corrected chi connectivity index (χ1v) is 9.82. The van der Waals surface area contributed by atoms with Gasteiger partial charge in [-0.3, -0.25) is 0 Å². The molecule has 4 nitrogen and oxygen atoms in total. The summed E-state index contributed by atoms with van der Waals surface area (Å²) >= 11 is 0. The van der Waals surface area contributed by atoms with Crippen LogP contribution in [0.2, 0.25) is 0 Å². The van der Waals surface area contributed by atoms with E-state index in [1.165, 1.54) is 27.9 Å². The van der Waals surface area contributed by atoms with Crippen molar-refractivity contribution in [2.75, 3.05) is 58.7 Å². The van der Waals surface area contributed by atoms with E-state index >= 15 is 0 Å².